The van der Waals surface area contributed by atoms with E-state index in [2.05, 4.69) is 13.7 Å². The molecule has 13 rings (SSSR count). The number of hydrogen-bond donors (Lipinski definition) is 0. The number of nitrogens with zero attached hydrogens (tertiary/aromatic N) is 9. The molecule has 0 radical (unpaired) electrons. The Bertz CT molecular complexity index is 3700. The van der Waals surface area contributed by atoms with Crippen LogP contribution >= 0.6 is 0 Å². The quantitative estimate of drug-likeness (QED) is 0.143. The van der Waals surface area contributed by atoms with Gasteiger partial charge in [-0.05, 0) is 182 Å². The summed E-state index contributed by atoms with van der Waals surface area (Å²) in [5.41, 5.74) is 12.3. The number of benzene rings is 9. The molecule has 9 aromatic carbocycles. The van der Waals surface area contributed by atoms with Crippen molar-refractivity contribution in [1.29, 1.82) is 0 Å². The van der Waals surface area contributed by atoms with Gasteiger partial charge in [-0.3, -0.25) is 13.7 Å². The molecule has 342 valence electrons. The third-order valence-corrected chi connectivity index (χ3v) is 12.8. The first-order valence-electron chi connectivity index (χ1n) is 23.2. The van der Waals surface area contributed by atoms with Crippen LogP contribution in [0.5, 0.6) is 0 Å². The number of hydrogen-bond acceptors (Lipinski definition) is 6. The molecule has 0 bridgehead atoms. The molecule has 4 heterocycles. The molecule has 13 aromatic rings. The zero-order valence-electron chi connectivity index (χ0n) is 37.9. The minimum absolute atomic E-state index is 0.320. The average molecular weight is 940 g/mol. The largest absolute Gasteiger partial charge is 0.292 e. The van der Waals surface area contributed by atoms with Crippen LogP contribution in [0, 0.1) is 17.5 Å². The second kappa shape index (κ2) is 17.3. The van der Waals surface area contributed by atoms with Gasteiger partial charge in [-0.1, -0.05) is 36.4 Å². The molecular formula is C60H36F3N9. The van der Waals surface area contributed by atoms with E-state index in [0.717, 1.165) is 83.5 Å². The topological polar surface area (TPSA) is 92.1 Å². The van der Waals surface area contributed by atoms with Crippen LogP contribution in [0.4, 0.5) is 13.2 Å². The number of para-hydroxylation sites is 6. The third-order valence-electron chi connectivity index (χ3n) is 12.8. The molecule has 4 aromatic heterocycles. The number of halogens is 3. The standard InChI is InChI=1S/C60H36F3N9/c61-43-25-13-40(14-26-43)58-64-49-7-1-4-10-52(49)70(58)46-31-19-37(20-32-46)55-67-56(38-21-33-47(34-22-38)71-53-11-5-2-8-50(53)65-59(71)41-15-27-44(62)28-16-41)69-57(68-55)39-23-35-48(36-24-39)72-54-12-6-3-9-51(54)66-60(72)42-17-29-45(63)30-18-42/h1-36H. The van der Waals surface area contributed by atoms with E-state index in [0.29, 0.717) is 34.9 Å². The van der Waals surface area contributed by atoms with Gasteiger partial charge in [0, 0.05) is 50.4 Å². The van der Waals surface area contributed by atoms with Crippen molar-refractivity contribution in [2.45, 2.75) is 0 Å². The molecule has 0 spiro atoms. The molecule has 0 aliphatic rings. The lowest BCUT2D eigenvalue weighted by Crippen LogP contribution is -2.02. The summed E-state index contributed by atoms with van der Waals surface area (Å²) < 4.78 is 48.4. The molecule has 12 heteroatoms. The minimum Gasteiger partial charge on any atom is -0.292 e. The van der Waals surface area contributed by atoms with Crippen molar-refractivity contribution in [2.24, 2.45) is 0 Å². The van der Waals surface area contributed by atoms with Crippen LogP contribution in [0.3, 0.4) is 0 Å². The van der Waals surface area contributed by atoms with Gasteiger partial charge >= 0.3 is 0 Å². The van der Waals surface area contributed by atoms with E-state index in [-0.39, 0.29) is 17.5 Å². The van der Waals surface area contributed by atoms with Gasteiger partial charge in [0.15, 0.2) is 17.5 Å². The maximum Gasteiger partial charge on any atom is 0.164 e. The molecule has 0 aliphatic heterocycles. The van der Waals surface area contributed by atoms with Crippen molar-refractivity contribution in [2.75, 3.05) is 0 Å². The van der Waals surface area contributed by atoms with E-state index >= 15 is 0 Å². The zero-order chi connectivity index (χ0) is 48.3. The molecule has 9 nitrogen and oxygen atoms in total. The molecule has 0 aliphatic carbocycles. The first kappa shape index (κ1) is 42.3. The van der Waals surface area contributed by atoms with Crippen LogP contribution in [0.2, 0.25) is 0 Å². The average Bonchev–Trinajstić information content (AvgIpc) is 4.14. The molecular weight excluding hydrogens is 904 g/mol. The smallest absolute Gasteiger partial charge is 0.164 e. The fraction of sp³-hybridized carbons (Fsp3) is 0. The van der Waals surface area contributed by atoms with Crippen molar-refractivity contribution >= 4 is 33.1 Å². The highest BCUT2D eigenvalue weighted by molar-refractivity contribution is 5.86. The Hall–Kier alpha value is -9.81. The van der Waals surface area contributed by atoms with E-state index in [4.69, 9.17) is 29.9 Å². The van der Waals surface area contributed by atoms with Crippen molar-refractivity contribution in [1.82, 2.24) is 43.6 Å². The lowest BCUT2D eigenvalue weighted by atomic mass is 10.1. The van der Waals surface area contributed by atoms with Crippen molar-refractivity contribution in [3.05, 3.63) is 236 Å². The molecule has 72 heavy (non-hydrogen) atoms. The Kier molecular flexibility index (Phi) is 10.2. The number of aromatic nitrogens is 9. The number of fused-ring (bicyclic) bond motifs is 3. The highest BCUT2D eigenvalue weighted by Gasteiger charge is 2.20. The molecule has 0 amide bonds. The van der Waals surface area contributed by atoms with Gasteiger partial charge in [-0.2, -0.15) is 0 Å². The van der Waals surface area contributed by atoms with Crippen LogP contribution in [-0.4, -0.2) is 43.6 Å². The van der Waals surface area contributed by atoms with Crippen molar-refractivity contribution in [3.8, 4) is 85.4 Å². The lowest BCUT2D eigenvalue weighted by Gasteiger charge is -2.13. The van der Waals surface area contributed by atoms with Gasteiger partial charge in [0.05, 0.1) is 33.1 Å². The van der Waals surface area contributed by atoms with Gasteiger partial charge in [-0.25, -0.2) is 43.1 Å². The molecule has 0 unspecified atom stereocenters. The normalized spacial score (nSPS) is 11.5. The van der Waals surface area contributed by atoms with Crippen molar-refractivity contribution < 1.29 is 13.2 Å². The summed E-state index contributed by atoms with van der Waals surface area (Å²) in [5, 5.41) is 0. The SMILES string of the molecule is Fc1ccc(-c2nc3ccccc3n2-c2ccc(-c3nc(-c4ccc(-n5c(-c6ccc(F)cc6)nc6ccccc65)cc4)nc(-c4ccc(-n5c(-c6ccc(F)cc6)nc6ccccc65)cc4)n3)cc2)cc1. The fourth-order valence-corrected chi connectivity index (χ4v) is 9.28. The number of rotatable bonds is 9. The van der Waals surface area contributed by atoms with Gasteiger partial charge in [0.1, 0.15) is 34.9 Å². The lowest BCUT2D eigenvalue weighted by molar-refractivity contribution is 0.627. The van der Waals surface area contributed by atoms with Crippen LogP contribution in [0.25, 0.3) is 118 Å². The number of imidazole rings is 3. The predicted octanol–water partition coefficient (Wildman–Crippen LogP) is 14.3. The van der Waals surface area contributed by atoms with Crippen LogP contribution < -0.4 is 0 Å². The highest BCUT2D eigenvalue weighted by atomic mass is 19.1. The Morgan fingerprint density at radius 3 is 0.736 bits per heavy atom. The molecule has 0 saturated heterocycles. The molecule has 0 N–H and O–H groups in total. The summed E-state index contributed by atoms with van der Waals surface area (Å²) in [5.74, 6) is 2.47. The summed E-state index contributed by atoms with van der Waals surface area (Å²) in [6, 6.07) is 66.7. The Balaban J connectivity index is 0.921. The van der Waals surface area contributed by atoms with Gasteiger partial charge < -0.3 is 0 Å². The van der Waals surface area contributed by atoms with E-state index in [1.54, 1.807) is 36.4 Å². The van der Waals surface area contributed by atoms with E-state index in [1.807, 2.05) is 146 Å². The van der Waals surface area contributed by atoms with Crippen molar-refractivity contribution in [3.63, 3.8) is 0 Å². The summed E-state index contributed by atoms with van der Waals surface area (Å²) in [7, 11) is 0. The summed E-state index contributed by atoms with van der Waals surface area (Å²) >= 11 is 0. The summed E-state index contributed by atoms with van der Waals surface area (Å²) in [6.07, 6.45) is 0. The van der Waals surface area contributed by atoms with Crippen LogP contribution in [0.1, 0.15) is 0 Å². The summed E-state index contributed by atoms with van der Waals surface area (Å²) in [4.78, 5) is 30.2. The van der Waals surface area contributed by atoms with Crippen LogP contribution in [0.15, 0.2) is 218 Å². The van der Waals surface area contributed by atoms with E-state index in [9.17, 15) is 13.2 Å². The zero-order valence-corrected chi connectivity index (χ0v) is 37.9. The van der Waals surface area contributed by atoms with E-state index in [1.165, 1.54) is 36.4 Å². The maximum absolute atomic E-state index is 14.1. The highest BCUT2D eigenvalue weighted by Crippen LogP contribution is 2.35. The Labute approximate surface area is 409 Å². The van der Waals surface area contributed by atoms with E-state index < -0.39 is 0 Å². The van der Waals surface area contributed by atoms with Gasteiger partial charge in [0.2, 0.25) is 0 Å². The Morgan fingerprint density at radius 2 is 0.472 bits per heavy atom. The molecule has 0 atom stereocenters. The summed E-state index contributed by atoms with van der Waals surface area (Å²) in [6.45, 7) is 0. The monoisotopic (exact) mass is 939 g/mol. The minimum atomic E-state index is -0.320. The fourth-order valence-electron chi connectivity index (χ4n) is 9.28. The van der Waals surface area contributed by atoms with Gasteiger partial charge in [0.25, 0.3) is 0 Å². The predicted molar refractivity (Wildman–Crippen MR) is 276 cm³/mol. The Morgan fingerprint density at radius 1 is 0.236 bits per heavy atom. The maximum atomic E-state index is 14.1. The first-order chi connectivity index (χ1) is 35.4. The first-order valence-corrected chi connectivity index (χ1v) is 23.2. The second-order valence-electron chi connectivity index (χ2n) is 17.2. The van der Waals surface area contributed by atoms with Crippen LogP contribution in [-0.2, 0) is 0 Å². The second-order valence-corrected chi connectivity index (χ2v) is 17.2. The molecule has 0 fully saturated rings. The third kappa shape index (κ3) is 7.54. The molecule has 0 saturated carbocycles. The van der Waals surface area contributed by atoms with Gasteiger partial charge in [-0.15, -0.1) is 0 Å².